The molecule has 0 amide bonds. The summed E-state index contributed by atoms with van der Waals surface area (Å²) in [4.78, 5) is 18.6. The maximum atomic E-state index is 12.3. The van der Waals surface area contributed by atoms with Gasteiger partial charge in [-0.25, -0.2) is 0 Å². The van der Waals surface area contributed by atoms with E-state index in [1.165, 1.54) is 0 Å². The van der Waals surface area contributed by atoms with Gasteiger partial charge in [0.15, 0.2) is 11.2 Å². The van der Waals surface area contributed by atoms with Crippen LogP contribution < -0.4 is 0 Å². The van der Waals surface area contributed by atoms with E-state index in [1.807, 2.05) is 76.2 Å². The number of nitrogens with zero attached hydrogens (tertiary/aromatic N) is 4. The third kappa shape index (κ3) is 4.49. The first-order valence-electron chi connectivity index (χ1n) is 12.5. The van der Waals surface area contributed by atoms with Crippen molar-refractivity contribution in [1.29, 1.82) is 0 Å². The maximum Gasteiger partial charge on any atom is 0.174 e. The molecule has 38 heavy (non-hydrogen) atoms. The smallest absolute Gasteiger partial charge is 0.174 e. The van der Waals surface area contributed by atoms with E-state index < -0.39 is 11.2 Å². The Morgan fingerprint density at radius 3 is 0.842 bits per heavy atom. The second kappa shape index (κ2) is 9.89. The van der Waals surface area contributed by atoms with Gasteiger partial charge in [0, 0.05) is 22.8 Å². The average molecular weight is 503 g/mol. The lowest BCUT2D eigenvalue weighted by Crippen LogP contribution is -2.33. The monoisotopic (exact) mass is 502 g/mol. The van der Waals surface area contributed by atoms with Crippen molar-refractivity contribution in [1.82, 2.24) is 19.9 Å². The molecule has 5 rings (SSSR count). The third-order valence-corrected chi connectivity index (χ3v) is 6.76. The first-order chi connectivity index (χ1) is 18.2. The van der Waals surface area contributed by atoms with Gasteiger partial charge in [0.1, 0.15) is 0 Å². The summed E-state index contributed by atoms with van der Waals surface area (Å²) in [6.45, 7) is 7.56. The lowest BCUT2D eigenvalue weighted by molar-refractivity contribution is 0.112. The van der Waals surface area contributed by atoms with Crippen molar-refractivity contribution >= 4 is 0 Å². The van der Waals surface area contributed by atoms with Crippen LogP contribution in [0.5, 0.6) is 0 Å². The molecule has 1 aromatic carbocycles. The highest BCUT2D eigenvalue weighted by molar-refractivity contribution is 5.47. The Morgan fingerprint density at radius 2 is 0.632 bits per heavy atom. The molecule has 5 aromatic rings. The van der Waals surface area contributed by atoms with Crippen LogP contribution in [0.3, 0.4) is 0 Å². The van der Waals surface area contributed by atoms with Crippen molar-refractivity contribution in [3.8, 4) is 0 Å². The predicted molar refractivity (Wildman–Crippen MR) is 147 cm³/mol. The summed E-state index contributed by atoms with van der Waals surface area (Å²) in [6.07, 6.45) is 0. The molecule has 0 radical (unpaired) electrons. The zero-order valence-electron chi connectivity index (χ0n) is 21.9. The largest absolute Gasteiger partial charge is 0.373 e. The van der Waals surface area contributed by atoms with Gasteiger partial charge in [-0.3, -0.25) is 19.9 Å². The molecular formula is C32H30N4O2. The van der Waals surface area contributed by atoms with Crippen LogP contribution in [0, 0.1) is 27.7 Å². The van der Waals surface area contributed by atoms with Crippen LogP contribution >= 0.6 is 0 Å². The van der Waals surface area contributed by atoms with Gasteiger partial charge >= 0.3 is 0 Å². The molecular weight excluding hydrogens is 472 g/mol. The Hall–Kier alpha value is -4.26. The molecule has 0 aliphatic heterocycles. The molecule has 0 unspecified atom stereocenters. The van der Waals surface area contributed by atoms with E-state index >= 15 is 0 Å². The van der Waals surface area contributed by atoms with Crippen molar-refractivity contribution in [3.63, 3.8) is 0 Å². The van der Waals surface area contributed by atoms with Crippen LogP contribution in [-0.4, -0.2) is 30.1 Å². The third-order valence-electron chi connectivity index (χ3n) is 6.76. The Morgan fingerprint density at radius 1 is 0.395 bits per heavy atom. The highest BCUT2D eigenvalue weighted by atomic mass is 16.3. The quantitative estimate of drug-likeness (QED) is 0.337. The van der Waals surface area contributed by atoms with Crippen molar-refractivity contribution in [3.05, 3.63) is 154 Å². The van der Waals surface area contributed by atoms with Crippen LogP contribution in [0.4, 0.5) is 0 Å². The van der Waals surface area contributed by atoms with Crippen LogP contribution in [-0.2, 0) is 11.2 Å². The van der Waals surface area contributed by atoms with E-state index in [1.54, 1.807) is 48.5 Å². The molecule has 2 N–H and O–H groups in total. The van der Waals surface area contributed by atoms with Crippen LogP contribution in [0.15, 0.2) is 97.1 Å². The van der Waals surface area contributed by atoms with Crippen molar-refractivity contribution in [2.75, 3.05) is 0 Å². The van der Waals surface area contributed by atoms with Crippen molar-refractivity contribution < 1.29 is 10.2 Å². The fourth-order valence-corrected chi connectivity index (χ4v) is 4.78. The van der Waals surface area contributed by atoms with Gasteiger partial charge in [-0.2, -0.15) is 0 Å². The summed E-state index contributed by atoms with van der Waals surface area (Å²) >= 11 is 0. The number of hydrogen-bond acceptors (Lipinski definition) is 6. The van der Waals surface area contributed by atoms with E-state index in [-0.39, 0.29) is 0 Å². The minimum absolute atomic E-state index is 0.472. The van der Waals surface area contributed by atoms with Crippen LogP contribution in [0.1, 0.15) is 56.7 Å². The van der Waals surface area contributed by atoms with Crippen molar-refractivity contribution in [2.24, 2.45) is 0 Å². The topological polar surface area (TPSA) is 92.0 Å². The maximum absolute atomic E-state index is 12.3. The molecule has 4 aromatic heterocycles. The van der Waals surface area contributed by atoms with Crippen LogP contribution in [0.2, 0.25) is 0 Å². The van der Waals surface area contributed by atoms with Gasteiger partial charge in [0.2, 0.25) is 0 Å². The van der Waals surface area contributed by atoms with E-state index in [2.05, 4.69) is 19.9 Å². The summed E-state index contributed by atoms with van der Waals surface area (Å²) in [5, 5.41) is 24.5. The molecule has 0 saturated heterocycles. The Bertz CT molecular complexity index is 1390. The standard InChI is InChI=1S/C32H30N4O2/c1-21-9-5-13-27(33-21)31(37,28-14-6-10-22(2)34-28)25-17-19-26(20-18-25)32(38,29-15-7-11-23(3)35-29)30-16-8-12-24(4)36-30/h5-20,37-38H,1-4H3. The SMILES string of the molecule is Cc1cccc(C(O)(c2ccc(C(O)(c3cccc(C)n3)c3cccc(C)n3)cc2)c2cccc(C)n2)n1. The van der Waals surface area contributed by atoms with E-state index in [4.69, 9.17) is 0 Å². The fraction of sp³-hybridized carbons (Fsp3) is 0.188. The highest BCUT2D eigenvalue weighted by Crippen LogP contribution is 2.39. The van der Waals surface area contributed by atoms with Gasteiger partial charge in [0.05, 0.1) is 22.8 Å². The number of benzene rings is 1. The number of pyridine rings is 4. The summed E-state index contributed by atoms with van der Waals surface area (Å²) in [7, 11) is 0. The first-order valence-corrected chi connectivity index (χ1v) is 12.5. The number of hydrogen-bond donors (Lipinski definition) is 2. The zero-order chi connectivity index (χ0) is 26.9. The molecule has 0 atom stereocenters. The number of aromatic nitrogens is 4. The van der Waals surface area contributed by atoms with Crippen molar-refractivity contribution in [2.45, 2.75) is 38.9 Å². The highest BCUT2D eigenvalue weighted by Gasteiger charge is 2.40. The molecule has 6 heteroatoms. The Balaban J connectivity index is 1.69. The molecule has 0 aliphatic carbocycles. The van der Waals surface area contributed by atoms with Gasteiger partial charge < -0.3 is 10.2 Å². The van der Waals surface area contributed by atoms with Gasteiger partial charge in [-0.05, 0) is 87.4 Å². The molecule has 0 aliphatic rings. The lowest BCUT2D eigenvalue weighted by atomic mass is 9.82. The molecule has 0 saturated carbocycles. The minimum atomic E-state index is -1.60. The number of aliphatic hydroxyl groups is 2. The fourth-order valence-electron chi connectivity index (χ4n) is 4.78. The summed E-state index contributed by atoms with van der Waals surface area (Å²) in [5.74, 6) is 0. The van der Waals surface area contributed by atoms with Crippen LogP contribution in [0.25, 0.3) is 0 Å². The van der Waals surface area contributed by atoms with Gasteiger partial charge in [-0.15, -0.1) is 0 Å². The van der Waals surface area contributed by atoms with Gasteiger partial charge in [0.25, 0.3) is 0 Å². The van der Waals surface area contributed by atoms with E-state index in [9.17, 15) is 10.2 Å². The molecule has 0 spiro atoms. The second-order valence-electron chi connectivity index (χ2n) is 9.66. The molecule has 4 heterocycles. The minimum Gasteiger partial charge on any atom is -0.373 e. The summed E-state index contributed by atoms with van der Waals surface area (Å²) < 4.78 is 0. The Labute approximate surface area is 222 Å². The molecule has 6 nitrogen and oxygen atoms in total. The second-order valence-corrected chi connectivity index (χ2v) is 9.66. The van der Waals surface area contributed by atoms with E-state index in [0.717, 1.165) is 22.8 Å². The summed E-state index contributed by atoms with van der Waals surface area (Å²) in [6, 6.07) is 29.5. The zero-order valence-corrected chi connectivity index (χ0v) is 21.9. The lowest BCUT2D eigenvalue weighted by Gasteiger charge is -2.31. The normalized spacial score (nSPS) is 11.9. The molecule has 0 bridgehead atoms. The first kappa shape index (κ1) is 25.4. The molecule has 190 valence electrons. The number of rotatable bonds is 6. The van der Waals surface area contributed by atoms with Gasteiger partial charge in [-0.1, -0.05) is 48.5 Å². The number of aryl methyl sites for hydroxylation is 4. The summed E-state index contributed by atoms with van der Waals surface area (Å²) in [5.41, 5.74) is 2.99. The Kier molecular flexibility index (Phi) is 6.61. The predicted octanol–water partition coefficient (Wildman–Crippen LogP) is 5.07. The van der Waals surface area contributed by atoms with E-state index in [0.29, 0.717) is 33.9 Å². The molecule has 0 fully saturated rings. The average Bonchev–Trinajstić information content (AvgIpc) is 2.92.